The van der Waals surface area contributed by atoms with Gasteiger partial charge in [-0.2, -0.15) is 0 Å². The highest BCUT2D eigenvalue weighted by Gasteiger charge is 2.30. The summed E-state index contributed by atoms with van der Waals surface area (Å²) in [6, 6.07) is -0.653. The number of hydrogen-bond donors (Lipinski definition) is 1. The number of rotatable bonds is 10. The summed E-state index contributed by atoms with van der Waals surface area (Å²) < 4.78 is 10.4. The minimum absolute atomic E-state index is 0.0204. The van der Waals surface area contributed by atoms with E-state index in [-0.39, 0.29) is 35.4 Å². The number of amides is 1. The molecule has 8 heteroatoms. The zero-order chi connectivity index (χ0) is 21.2. The molecule has 1 saturated carbocycles. The zero-order valence-electron chi connectivity index (χ0n) is 18.3. The van der Waals surface area contributed by atoms with E-state index in [0.717, 1.165) is 25.7 Å². The third-order valence-corrected chi connectivity index (χ3v) is 5.21. The number of ketones is 1. The summed E-state index contributed by atoms with van der Waals surface area (Å²) >= 11 is 0. The Morgan fingerprint density at radius 3 is 2.45 bits per heavy atom. The van der Waals surface area contributed by atoms with Crippen molar-refractivity contribution in [3.63, 3.8) is 0 Å². The van der Waals surface area contributed by atoms with E-state index in [1.807, 2.05) is 32.8 Å². The van der Waals surface area contributed by atoms with Crippen LogP contribution in [0, 0.1) is 11.8 Å². The van der Waals surface area contributed by atoms with Gasteiger partial charge in [-0.3, -0.25) is 14.1 Å². The van der Waals surface area contributed by atoms with Crippen LogP contribution in [0.3, 0.4) is 0 Å². The van der Waals surface area contributed by atoms with E-state index in [1.165, 1.54) is 19.3 Å². The van der Waals surface area contributed by atoms with Crippen molar-refractivity contribution < 1.29 is 18.8 Å². The molecule has 0 aliphatic heterocycles. The highest BCUT2D eigenvalue weighted by molar-refractivity contribution is 5.99. The van der Waals surface area contributed by atoms with Crippen LogP contribution in [0.4, 0.5) is 0 Å². The van der Waals surface area contributed by atoms with Crippen molar-refractivity contribution in [1.29, 1.82) is 0 Å². The van der Waals surface area contributed by atoms with Gasteiger partial charge in [0.2, 0.25) is 17.5 Å². The summed E-state index contributed by atoms with van der Waals surface area (Å²) in [5.74, 6) is -0.188. The average Bonchev–Trinajstić information content (AvgIpc) is 3.08. The zero-order valence-corrected chi connectivity index (χ0v) is 18.3. The molecule has 1 unspecified atom stereocenters. The molecule has 0 spiro atoms. The minimum Gasteiger partial charge on any atom is -0.447 e. The second-order valence-corrected chi connectivity index (χ2v) is 8.63. The monoisotopic (exact) mass is 408 g/mol. The van der Waals surface area contributed by atoms with Gasteiger partial charge in [-0.1, -0.05) is 46.0 Å². The summed E-state index contributed by atoms with van der Waals surface area (Å²) in [5.41, 5.74) is 0. The number of nitrogens with zero attached hydrogens (tertiary/aromatic N) is 3. The number of hydrogen-bond acceptors (Lipinski definition) is 7. The lowest BCUT2D eigenvalue weighted by molar-refractivity contribution is -0.126. The fourth-order valence-corrected chi connectivity index (χ4v) is 3.55. The molecule has 0 aromatic carbocycles. The van der Waals surface area contributed by atoms with Crippen molar-refractivity contribution in [2.75, 3.05) is 27.2 Å². The van der Waals surface area contributed by atoms with Crippen molar-refractivity contribution >= 4 is 11.7 Å². The van der Waals surface area contributed by atoms with E-state index in [2.05, 4.69) is 15.5 Å². The molecule has 1 aliphatic carbocycles. The van der Waals surface area contributed by atoms with Gasteiger partial charge in [-0.05, 0) is 44.4 Å². The van der Waals surface area contributed by atoms with Gasteiger partial charge in [0.1, 0.15) is 6.61 Å². The number of likely N-dealkylation sites (N-methyl/N-ethyl adjacent to an activating group) is 1. The normalized spacial score (nSPS) is 17.0. The first kappa shape index (κ1) is 23.3. The van der Waals surface area contributed by atoms with E-state index in [1.54, 1.807) is 0 Å². The molecule has 1 heterocycles. The van der Waals surface area contributed by atoms with Gasteiger partial charge < -0.3 is 15.0 Å². The molecule has 2 rings (SSSR count). The van der Waals surface area contributed by atoms with Gasteiger partial charge in [0, 0.05) is 12.5 Å². The Morgan fingerprint density at radius 1 is 1.17 bits per heavy atom. The molecule has 0 saturated heterocycles. The molecular formula is C21H36N4O4. The van der Waals surface area contributed by atoms with Crippen LogP contribution < -0.4 is 10.1 Å². The molecule has 1 fully saturated rings. The van der Waals surface area contributed by atoms with Crippen molar-refractivity contribution in [2.24, 2.45) is 11.8 Å². The first-order valence-corrected chi connectivity index (χ1v) is 10.8. The second kappa shape index (κ2) is 11.9. The van der Waals surface area contributed by atoms with Crippen LogP contribution in [0.5, 0.6) is 6.08 Å². The Balaban J connectivity index is 1.99. The molecule has 164 valence electrons. The fourth-order valence-electron chi connectivity index (χ4n) is 3.55. The predicted molar refractivity (Wildman–Crippen MR) is 110 cm³/mol. The highest BCUT2D eigenvalue weighted by Crippen LogP contribution is 2.23. The lowest BCUT2D eigenvalue weighted by Crippen LogP contribution is -2.45. The molecule has 8 nitrogen and oxygen atoms in total. The Kier molecular flexibility index (Phi) is 9.57. The summed E-state index contributed by atoms with van der Waals surface area (Å²) in [6.07, 6.45) is 8.03. The van der Waals surface area contributed by atoms with E-state index in [4.69, 9.17) is 9.26 Å². The van der Waals surface area contributed by atoms with Crippen LogP contribution in [0.1, 0.15) is 75.8 Å². The number of Topliss-reactive ketones (excluding diaryl/α,β-unsaturated/α-hetero) is 1. The van der Waals surface area contributed by atoms with Gasteiger partial charge in [0.25, 0.3) is 0 Å². The number of nitrogens with one attached hydrogen (secondary N) is 1. The third kappa shape index (κ3) is 8.12. The molecule has 1 amide bonds. The molecule has 1 N–H and O–H groups in total. The van der Waals surface area contributed by atoms with Crippen LogP contribution in [-0.4, -0.2) is 60.0 Å². The second-order valence-electron chi connectivity index (χ2n) is 8.63. The Bertz CT molecular complexity index is 636. The molecule has 29 heavy (non-hydrogen) atoms. The van der Waals surface area contributed by atoms with Crippen molar-refractivity contribution in [1.82, 2.24) is 20.4 Å². The topological polar surface area (TPSA) is 97.6 Å². The maximum atomic E-state index is 13.0. The molecule has 1 aromatic rings. The molecular weight excluding hydrogens is 372 g/mol. The number of carbonyl (C=O) groups excluding carboxylic acids is 2. The van der Waals surface area contributed by atoms with Crippen LogP contribution in [0.25, 0.3) is 0 Å². The highest BCUT2D eigenvalue weighted by atomic mass is 16.6. The lowest BCUT2D eigenvalue weighted by atomic mass is 9.90. The lowest BCUT2D eigenvalue weighted by Gasteiger charge is -2.23. The van der Waals surface area contributed by atoms with Crippen LogP contribution >= 0.6 is 0 Å². The summed E-state index contributed by atoms with van der Waals surface area (Å²) in [6.45, 7) is 5.12. The standard InChI is InChI=1S/C21H36N4O4/c1-15(2)14-17(22-20(27)16-10-8-6-5-7-9-11-16)18(26)19-23-21(29-24-19)28-13-12-25(3)4/h15-17H,5-14H2,1-4H3,(H,22,27). The maximum absolute atomic E-state index is 13.0. The quantitative estimate of drug-likeness (QED) is 0.594. The van der Waals surface area contributed by atoms with Crippen LogP contribution in [0.15, 0.2) is 4.52 Å². The van der Waals surface area contributed by atoms with Gasteiger partial charge >= 0.3 is 6.08 Å². The van der Waals surface area contributed by atoms with E-state index < -0.39 is 6.04 Å². The summed E-state index contributed by atoms with van der Waals surface area (Å²) in [4.78, 5) is 31.8. The van der Waals surface area contributed by atoms with Gasteiger partial charge in [-0.25, -0.2) is 0 Å². The maximum Gasteiger partial charge on any atom is 0.417 e. The SMILES string of the molecule is CC(C)CC(NC(=O)C1CCCCCCC1)C(=O)c1noc(OCCN(C)C)n1. The predicted octanol–water partition coefficient (Wildman–Crippen LogP) is 3.08. The van der Waals surface area contributed by atoms with Crippen molar-refractivity contribution in [2.45, 2.75) is 71.3 Å². The average molecular weight is 409 g/mol. The Hall–Kier alpha value is -1.96. The van der Waals surface area contributed by atoms with E-state index in [9.17, 15) is 9.59 Å². The third-order valence-electron chi connectivity index (χ3n) is 5.21. The molecule has 1 atom stereocenters. The Labute approximate surface area is 173 Å². The number of aromatic nitrogens is 2. The van der Waals surface area contributed by atoms with Crippen LogP contribution in [-0.2, 0) is 4.79 Å². The van der Waals surface area contributed by atoms with Gasteiger partial charge in [0.15, 0.2) is 0 Å². The number of ether oxygens (including phenoxy) is 1. The Morgan fingerprint density at radius 2 is 1.83 bits per heavy atom. The molecule has 1 aliphatic rings. The summed E-state index contributed by atoms with van der Waals surface area (Å²) in [7, 11) is 3.86. The first-order chi connectivity index (χ1) is 13.9. The van der Waals surface area contributed by atoms with Crippen molar-refractivity contribution in [3.05, 3.63) is 5.82 Å². The smallest absolute Gasteiger partial charge is 0.417 e. The largest absolute Gasteiger partial charge is 0.447 e. The van der Waals surface area contributed by atoms with Crippen molar-refractivity contribution in [3.8, 4) is 6.08 Å². The van der Waals surface area contributed by atoms with E-state index >= 15 is 0 Å². The molecule has 0 radical (unpaired) electrons. The fraction of sp³-hybridized carbons (Fsp3) is 0.810. The van der Waals surface area contributed by atoms with Gasteiger partial charge in [-0.15, -0.1) is 4.98 Å². The molecule has 0 bridgehead atoms. The molecule has 1 aromatic heterocycles. The first-order valence-electron chi connectivity index (χ1n) is 10.8. The minimum atomic E-state index is -0.653. The van der Waals surface area contributed by atoms with Crippen LogP contribution in [0.2, 0.25) is 0 Å². The summed E-state index contributed by atoms with van der Waals surface area (Å²) in [5, 5.41) is 6.74. The van der Waals surface area contributed by atoms with E-state index in [0.29, 0.717) is 19.6 Å². The number of carbonyl (C=O) groups is 2. The van der Waals surface area contributed by atoms with Gasteiger partial charge in [0.05, 0.1) is 6.04 Å².